The molecule has 0 aliphatic heterocycles. The van der Waals surface area contributed by atoms with E-state index in [1.165, 1.54) is 52.1 Å². The van der Waals surface area contributed by atoms with Crippen molar-refractivity contribution >= 4 is 22.2 Å². The van der Waals surface area contributed by atoms with Gasteiger partial charge in [0.2, 0.25) is 11.6 Å². The first kappa shape index (κ1) is 26.4. The first-order chi connectivity index (χ1) is 16.7. The van der Waals surface area contributed by atoms with Crippen LogP contribution in [0.5, 0.6) is 5.75 Å². The molecule has 0 bridgehead atoms. The van der Waals surface area contributed by atoms with Crippen molar-refractivity contribution in [3.05, 3.63) is 69.3 Å². The molecule has 3 aromatic rings. The largest absolute Gasteiger partial charge is 0.446 e. The fourth-order valence-electron chi connectivity index (χ4n) is 3.12. The predicted molar refractivity (Wildman–Crippen MR) is 119 cm³/mol. The van der Waals surface area contributed by atoms with E-state index in [-0.39, 0.29) is 24.2 Å². The quantitative estimate of drug-likeness (QED) is 0.345. The van der Waals surface area contributed by atoms with Gasteiger partial charge in [0.1, 0.15) is 11.6 Å². The third kappa shape index (κ3) is 6.08. The summed E-state index contributed by atoms with van der Waals surface area (Å²) < 4.78 is 55.2. The number of benzene rings is 1. The van der Waals surface area contributed by atoms with Crippen molar-refractivity contribution < 1.29 is 35.6 Å². The van der Waals surface area contributed by atoms with E-state index >= 15 is 0 Å². The summed E-state index contributed by atoms with van der Waals surface area (Å²) in [5, 5.41) is 12.1. The lowest BCUT2D eigenvalue weighted by Crippen LogP contribution is -2.46. The monoisotopic (exact) mass is 524 g/mol. The summed E-state index contributed by atoms with van der Waals surface area (Å²) in [5.74, 6) is -3.85. The number of aromatic nitrogens is 4. The molecule has 36 heavy (non-hydrogen) atoms. The Hall–Kier alpha value is -4.18. The summed E-state index contributed by atoms with van der Waals surface area (Å²) in [5.41, 5.74) is -2.91. The molecule has 0 saturated heterocycles. The summed E-state index contributed by atoms with van der Waals surface area (Å²) >= 11 is 0. The highest BCUT2D eigenvalue weighted by molar-refractivity contribution is 7.81. The summed E-state index contributed by atoms with van der Waals surface area (Å²) in [4.78, 5) is 42.5. The summed E-state index contributed by atoms with van der Waals surface area (Å²) in [6.45, 7) is 4.22. The van der Waals surface area contributed by atoms with Gasteiger partial charge in [-0.05, 0) is 31.5 Å². The van der Waals surface area contributed by atoms with Crippen LogP contribution in [0.4, 0.5) is 4.39 Å². The lowest BCUT2D eigenvalue weighted by Gasteiger charge is -2.27. The second kappa shape index (κ2) is 9.82. The molecule has 14 nitrogen and oxygen atoms in total. The number of nitrogens with zero attached hydrogens (tertiary/aromatic N) is 4. The molecule has 2 heterocycles. The number of halogens is 1. The molecule has 3 N–H and O–H groups in total. The molecule has 0 unspecified atom stereocenters. The summed E-state index contributed by atoms with van der Waals surface area (Å²) in [6, 6.07) is 5.12. The first-order valence-electron chi connectivity index (χ1n) is 10.1. The molecule has 1 aromatic carbocycles. The molecule has 0 spiro atoms. The molecule has 2 aromatic heterocycles. The van der Waals surface area contributed by atoms with Gasteiger partial charge in [-0.25, -0.2) is 9.37 Å². The zero-order valence-corrected chi connectivity index (χ0v) is 20.2. The van der Waals surface area contributed by atoms with Gasteiger partial charge in [-0.2, -0.15) is 8.42 Å². The number of amides is 2. The molecule has 0 fully saturated rings. The van der Waals surface area contributed by atoms with Crippen LogP contribution in [0.3, 0.4) is 0 Å². The maximum Gasteiger partial charge on any atom is 0.446 e. The minimum Gasteiger partial charge on any atom is -0.417 e. The van der Waals surface area contributed by atoms with E-state index < -0.39 is 50.6 Å². The molecule has 0 radical (unpaired) electrons. The summed E-state index contributed by atoms with van der Waals surface area (Å²) in [6.07, 6.45) is 0. The van der Waals surface area contributed by atoms with Crippen LogP contribution in [0, 0.1) is 12.7 Å². The SMILES string of the molecule is Cc1nnc(C(=O)NC(C)(C)c2nc(C(=O)NCc3ccc(F)cc3)c(OS(=O)(=O)O)c(=O)n2C)o1. The highest BCUT2D eigenvalue weighted by Gasteiger charge is 2.34. The molecule has 16 heteroatoms. The van der Waals surface area contributed by atoms with Gasteiger partial charge in [0.05, 0.1) is 5.54 Å². The maximum absolute atomic E-state index is 13.1. The molecule has 0 aliphatic rings. The average molecular weight is 524 g/mol. The Labute approximate surface area is 203 Å². The van der Waals surface area contributed by atoms with Crippen molar-refractivity contribution in [2.75, 3.05) is 0 Å². The van der Waals surface area contributed by atoms with E-state index in [0.717, 1.165) is 4.57 Å². The minimum absolute atomic E-state index is 0.135. The van der Waals surface area contributed by atoms with Crippen LogP contribution < -0.4 is 20.4 Å². The number of nitrogens with one attached hydrogen (secondary N) is 2. The number of hydrogen-bond acceptors (Lipinski definition) is 10. The van der Waals surface area contributed by atoms with Crippen LogP contribution in [0.1, 0.15) is 52.3 Å². The fraction of sp³-hybridized carbons (Fsp3) is 0.300. The van der Waals surface area contributed by atoms with Crippen molar-refractivity contribution in [3.8, 4) is 5.75 Å². The molecule has 192 valence electrons. The zero-order valence-electron chi connectivity index (χ0n) is 19.4. The van der Waals surface area contributed by atoms with E-state index in [4.69, 9.17) is 8.97 Å². The second-order valence-corrected chi connectivity index (χ2v) is 9.03. The number of hydrogen-bond donors (Lipinski definition) is 3. The van der Waals surface area contributed by atoms with E-state index in [0.29, 0.717) is 5.56 Å². The molecule has 0 saturated carbocycles. The third-order valence-corrected chi connectivity index (χ3v) is 5.10. The number of rotatable bonds is 8. The van der Waals surface area contributed by atoms with Gasteiger partial charge in [-0.15, -0.1) is 10.2 Å². The normalized spacial score (nSPS) is 11.7. The van der Waals surface area contributed by atoms with Gasteiger partial charge in [-0.3, -0.25) is 23.5 Å². The van der Waals surface area contributed by atoms with E-state index in [1.54, 1.807) is 0 Å². The molecular formula is C20H21FN6O8S. The lowest BCUT2D eigenvalue weighted by molar-refractivity contribution is 0.0869. The van der Waals surface area contributed by atoms with Gasteiger partial charge in [-0.1, -0.05) is 12.1 Å². The standard InChI is InChI=1S/C20H21FN6O8S/c1-10-25-26-17(34-10)16(29)24-20(2,3)19-23-13(14(18(30)27(19)4)35-36(31,32)33)15(28)22-9-11-5-7-12(21)8-6-11/h5-8H,9H2,1-4H3,(H,22,28)(H,24,29)(H,31,32,33). The third-order valence-electron chi connectivity index (χ3n) is 4.72. The highest BCUT2D eigenvalue weighted by atomic mass is 32.3. The second-order valence-electron chi connectivity index (χ2n) is 8.00. The average Bonchev–Trinajstić information content (AvgIpc) is 3.22. The van der Waals surface area contributed by atoms with Crippen LogP contribution in [-0.2, 0) is 29.5 Å². The Morgan fingerprint density at radius 3 is 2.39 bits per heavy atom. The topological polar surface area (TPSA) is 196 Å². The molecule has 2 amide bonds. The molecule has 0 aliphatic carbocycles. The Kier molecular flexibility index (Phi) is 7.21. The van der Waals surface area contributed by atoms with Crippen molar-refractivity contribution in [2.45, 2.75) is 32.9 Å². The van der Waals surface area contributed by atoms with Crippen molar-refractivity contribution in [1.82, 2.24) is 30.4 Å². The van der Waals surface area contributed by atoms with Crippen LogP contribution in [0.25, 0.3) is 0 Å². The van der Waals surface area contributed by atoms with Gasteiger partial charge >= 0.3 is 22.2 Å². The van der Waals surface area contributed by atoms with Gasteiger partial charge in [0.25, 0.3) is 11.5 Å². The number of aryl methyl sites for hydroxylation is 1. The maximum atomic E-state index is 13.1. The first-order valence-corrected chi connectivity index (χ1v) is 11.5. The van der Waals surface area contributed by atoms with Crippen LogP contribution >= 0.6 is 0 Å². The van der Waals surface area contributed by atoms with Crippen LogP contribution in [0.15, 0.2) is 33.5 Å². The van der Waals surface area contributed by atoms with Gasteiger partial charge < -0.3 is 19.2 Å². The summed E-state index contributed by atoms with van der Waals surface area (Å²) in [7, 11) is -4.03. The fourth-order valence-corrected chi connectivity index (χ4v) is 3.49. The lowest BCUT2D eigenvalue weighted by atomic mass is 10.0. The van der Waals surface area contributed by atoms with Gasteiger partial charge in [0, 0.05) is 20.5 Å². The van der Waals surface area contributed by atoms with Crippen LogP contribution in [-0.4, -0.2) is 44.5 Å². The Morgan fingerprint density at radius 1 is 1.19 bits per heavy atom. The molecule has 3 rings (SSSR count). The minimum atomic E-state index is -5.22. The van der Waals surface area contributed by atoms with Crippen molar-refractivity contribution in [1.29, 1.82) is 0 Å². The van der Waals surface area contributed by atoms with Gasteiger partial charge in [0.15, 0.2) is 5.69 Å². The van der Waals surface area contributed by atoms with Crippen LogP contribution in [0.2, 0.25) is 0 Å². The van der Waals surface area contributed by atoms with E-state index in [9.17, 15) is 27.2 Å². The predicted octanol–water partition coefficient (Wildman–Crippen LogP) is 0.388. The Morgan fingerprint density at radius 2 is 1.83 bits per heavy atom. The van der Waals surface area contributed by atoms with Crippen molar-refractivity contribution in [3.63, 3.8) is 0 Å². The Balaban J connectivity index is 2.02. The highest BCUT2D eigenvalue weighted by Crippen LogP contribution is 2.22. The van der Waals surface area contributed by atoms with E-state index in [2.05, 4.69) is 30.0 Å². The van der Waals surface area contributed by atoms with E-state index in [1.807, 2.05) is 0 Å². The number of carbonyl (C=O) groups is 2. The Bertz CT molecular complexity index is 1480. The molecular weight excluding hydrogens is 503 g/mol. The zero-order chi connectivity index (χ0) is 26.8. The smallest absolute Gasteiger partial charge is 0.417 e. The van der Waals surface area contributed by atoms with Crippen molar-refractivity contribution in [2.24, 2.45) is 7.05 Å². The number of carbonyl (C=O) groups excluding carboxylic acids is 2. The molecule has 0 atom stereocenters.